The zero-order valence-corrected chi connectivity index (χ0v) is 11.7. The lowest BCUT2D eigenvalue weighted by atomic mass is 10.2. The van der Waals surface area contributed by atoms with Crippen LogP contribution in [0.5, 0.6) is 0 Å². The third-order valence-electron chi connectivity index (χ3n) is 2.54. The summed E-state index contributed by atoms with van der Waals surface area (Å²) in [6, 6.07) is 10.1. The Bertz CT molecular complexity index is 596. The Morgan fingerprint density at radius 2 is 2.10 bits per heavy atom. The second kappa shape index (κ2) is 6.72. The molecule has 5 nitrogen and oxygen atoms in total. The minimum atomic E-state index is -0.437. The summed E-state index contributed by atoms with van der Waals surface area (Å²) in [6.07, 6.45) is 0. The molecule has 0 aliphatic heterocycles. The summed E-state index contributed by atoms with van der Waals surface area (Å²) >= 11 is 1.58. The normalized spacial score (nSPS) is 9.85. The zero-order chi connectivity index (χ0) is 14.4. The number of nitrogens with one attached hydrogen (secondary N) is 2. The van der Waals surface area contributed by atoms with E-state index in [-0.39, 0.29) is 6.03 Å². The molecule has 2 N–H and O–H groups in total. The monoisotopic (exact) mass is 290 g/mol. The first kappa shape index (κ1) is 14.1. The first-order valence-electron chi connectivity index (χ1n) is 5.94. The Labute approximate surface area is 120 Å². The van der Waals surface area contributed by atoms with Crippen LogP contribution in [0.3, 0.4) is 0 Å². The number of anilines is 1. The van der Waals surface area contributed by atoms with Gasteiger partial charge in [0.25, 0.3) is 0 Å². The zero-order valence-electron chi connectivity index (χ0n) is 10.9. The molecule has 1 heterocycles. The molecule has 0 saturated heterocycles. The lowest BCUT2D eigenvalue weighted by Crippen LogP contribution is -2.27. The third-order valence-corrected chi connectivity index (χ3v) is 3.42. The van der Waals surface area contributed by atoms with Crippen molar-refractivity contribution in [3.05, 3.63) is 52.2 Å². The number of amides is 2. The molecule has 0 fully saturated rings. The van der Waals surface area contributed by atoms with Crippen LogP contribution in [0, 0.1) is 0 Å². The number of hydrogen-bond acceptors (Lipinski definition) is 4. The van der Waals surface area contributed by atoms with E-state index in [0.717, 1.165) is 4.88 Å². The van der Waals surface area contributed by atoms with E-state index in [1.807, 2.05) is 17.5 Å². The molecule has 0 saturated carbocycles. The summed E-state index contributed by atoms with van der Waals surface area (Å²) in [5.74, 6) is -0.437. The van der Waals surface area contributed by atoms with Gasteiger partial charge in [-0.15, -0.1) is 11.3 Å². The van der Waals surface area contributed by atoms with E-state index >= 15 is 0 Å². The van der Waals surface area contributed by atoms with Crippen molar-refractivity contribution in [3.63, 3.8) is 0 Å². The molecule has 2 rings (SSSR count). The fraction of sp³-hybridized carbons (Fsp3) is 0.143. The molecule has 6 heteroatoms. The van der Waals surface area contributed by atoms with Crippen molar-refractivity contribution in [2.24, 2.45) is 0 Å². The fourth-order valence-electron chi connectivity index (χ4n) is 1.60. The van der Waals surface area contributed by atoms with E-state index in [4.69, 9.17) is 0 Å². The van der Waals surface area contributed by atoms with Gasteiger partial charge < -0.3 is 15.4 Å². The van der Waals surface area contributed by atoms with Gasteiger partial charge in [0.1, 0.15) is 0 Å². The van der Waals surface area contributed by atoms with Crippen molar-refractivity contribution in [3.8, 4) is 0 Å². The number of carbonyl (C=O) groups is 2. The predicted octanol–water partition coefficient (Wildman–Crippen LogP) is 2.86. The molecule has 2 aromatic rings. The molecule has 0 unspecified atom stereocenters. The Morgan fingerprint density at radius 1 is 1.25 bits per heavy atom. The first-order chi connectivity index (χ1) is 9.69. The summed E-state index contributed by atoms with van der Waals surface area (Å²) in [5, 5.41) is 7.36. The quantitative estimate of drug-likeness (QED) is 0.851. The van der Waals surface area contributed by atoms with Gasteiger partial charge in [0.2, 0.25) is 0 Å². The van der Waals surface area contributed by atoms with Gasteiger partial charge in [-0.2, -0.15) is 0 Å². The lowest BCUT2D eigenvalue weighted by Gasteiger charge is -2.07. The maximum absolute atomic E-state index is 11.7. The van der Waals surface area contributed by atoms with E-state index in [1.165, 1.54) is 7.11 Å². The molecule has 0 radical (unpaired) electrons. The summed E-state index contributed by atoms with van der Waals surface area (Å²) in [4.78, 5) is 24.2. The smallest absolute Gasteiger partial charge is 0.337 e. The van der Waals surface area contributed by atoms with Crippen LogP contribution in [0.25, 0.3) is 0 Å². The summed E-state index contributed by atoms with van der Waals surface area (Å²) < 4.78 is 4.63. The SMILES string of the molecule is COC(=O)c1cccc(NC(=O)NCc2cccs2)c1. The second-order valence-corrected chi connectivity index (χ2v) is 4.99. The molecule has 0 aliphatic rings. The number of methoxy groups -OCH3 is 1. The number of benzene rings is 1. The number of ether oxygens (including phenoxy) is 1. The minimum Gasteiger partial charge on any atom is -0.465 e. The van der Waals surface area contributed by atoms with Gasteiger partial charge >= 0.3 is 12.0 Å². The highest BCUT2D eigenvalue weighted by Gasteiger charge is 2.07. The summed E-state index contributed by atoms with van der Waals surface area (Å²) in [5.41, 5.74) is 0.931. The van der Waals surface area contributed by atoms with E-state index in [9.17, 15) is 9.59 Å². The Kier molecular flexibility index (Phi) is 4.73. The predicted molar refractivity (Wildman–Crippen MR) is 78.0 cm³/mol. The van der Waals surface area contributed by atoms with E-state index in [1.54, 1.807) is 35.6 Å². The molecule has 104 valence electrons. The maximum atomic E-state index is 11.7. The third kappa shape index (κ3) is 3.83. The van der Waals surface area contributed by atoms with E-state index in [2.05, 4.69) is 15.4 Å². The molecule has 0 atom stereocenters. The molecule has 2 amide bonds. The van der Waals surface area contributed by atoms with Gasteiger partial charge in [-0.3, -0.25) is 0 Å². The molecule has 0 bridgehead atoms. The number of thiophene rings is 1. The topological polar surface area (TPSA) is 67.4 Å². The largest absolute Gasteiger partial charge is 0.465 e. The number of urea groups is 1. The van der Waals surface area contributed by atoms with Crippen molar-refractivity contribution < 1.29 is 14.3 Å². The molecule has 0 spiro atoms. The Hall–Kier alpha value is -2.34. The molecular weight excluding hydrogens is 276 g/mol. The first-order valence-corrected chi connectivity index (χ1v) is 6.82. The van der Waals surface area contributed by atoms with Crippen molar-refractivity contribution in [1.29, 1.82) is 0 Å². The van der Waals surface area contributed by atoms with Crippen molar-refractivity contribution in [2.75, 3.05) is 12.4 Å². The van der Waals surface area contributed by atoms with Gasteiger partial charge in [-0.1, -0.05) is 12.1 Å². The second-order valence-electron chi connectivity index (χ2n) is 3.96. The average molecular weight is 290 g/mol. The van der Waals surface area contributed by atoms with Gasteiger partial charge in [0.05, 0.1) is 19.2 Å². The Balaban J connectivity index is 1.92. The van der Waals surface area contributed by atoms with Crippen LogP contribution in [-0.2, 0) is 11.3 Å². The van der Waals surface area contributed by atoms with Gasteiger partial charge in [-0.25, -0.2) is 9.59 Å². The molecule has 1 aromatic heterocycles. The molecular formula is C14H14N2O3S. The highest BCUT2D eigenvalue weighted by Crippen LogP contribution is 2.12. The van der Waals surface area contributed by atoms with Crippen LogP contribution < -0.4 is 10.6 Å². The van der Waals surface area contributed by atoms with Crippen molar-refractivity contribution in [1.82, 2.24) is 5.32 Å². The van der Waals surface area contributed by atoms with Crippen LogP contribution in [0.1, 0.15) is 15.2 Å². The summed E-state index contributed by atoms with van der Waals surface area (Å²) in [6.45, 7) is 0.472. The van der Waals surface area contributed by atoms with Crippen LogP contribution in [0.15, 0.2) is 41.8 Å². The van der Waals surface area contributed by atoms with E-state index < -0.39 is 5.97 Å². The molecule has 1 aromatic carbocycles. The van der Waals surface area contributed by atoms with Crippen LogP contribution >= 0.6 is 11.3 Å². The molecule has 20 heavy (non-hydrogen) atoms. The van der Waals surface area contributed by atoms with Gasteiger partial charge in [0, 0.05) is 10.6 Å². The minimum absolute atomic E-state index is 0.319. The number of hydrogen-bond donors (Lipinski definition) is 2. The highest BCUT2D eigenvalue weighted by molar-refractivity contribution is 7.09. The Morgan fingerprint density at radius 3 is 2.80 bits per heavy atom. The van der Waals surface area contributed by atoms with Crippen LogP contribution in [0.4, 0.5) is 10.5 Å². The van der Waals surface area contributed by atoms with Crippen LogP contribution in [0.2, 0.25) is 0 Å². The number of carbonyl (C=O) groups excluding carboxylic acids is 2. The van der Waals surface area contributed by atoms with Crippen molar-refractivity contribution in [2.45, 2.75) is 6.54 Å². The number of esters is 1. The number of rotatable bonds is 4. The van der Waals surface area contributed by atoms with Crippen molar-refractivity contribution >= 4 is 29.0 Å². The van der Waals surface area contributed by atoms with Gasteiger partial charge in [-0.05, 0) is 29.6 Å². The molecule has 0 aliphatic carbocycles. The fourth-order valence-corrected chi connectivity index (χ4v) is 2.24. The van der Waals surface area contributed by atoms with Gasteiger partial charge in [0.15, 0.2) is 0 Å². The van der Waals surface area contributed by atoms with E-state index in [0.29, 0.717) is 17.8 Å². The average Bonchev–Trinajstić information content (AvgIpc) is 2.98. The highest BCUT2D eigenvalue weighted by atomic mass is 32.1. The summed E-state index contributed by atoms with van der Waals surface area (Å²) in [7, 11) is 1.32. The van der Waals surface area contributed by atoms with Crippen LogP contribution in [-0.4, -0.2) is 19.1 Å². The maximum Gasteiger partial charge on any atom is 0.337 e. The lowest BCUT2D eigenvalue weighted by molar-refractivity contribution is 0.0600. The standard InChI is InChI=1S/C14H14N2O3S/c1-19-13(17)10-4-2-5-11(8-10)16-14(18)15-9-12-6-3-7-20-12/h2-8H,9H2,1H3,(H2,15,16,18).